The van der Waals surface area contributed by atoms with E-state index < -0.39 is 29.2 Å². The molecule has 2 aromatic carbocycles. The molecule has 4 N–H and O–H groups in total. The van der Waals surface area contributed by atoms with Crippen LogP contribution in [0.25, 0.3) is 0 Å². The van der Waals surface area contributed by atoms with Gasteiger partial charge in [-0.05, 0) is 43.7 Å². The van der Waals surface area contributed by atoms with Gasteiger partial charge in [0.1, 0.15) is 11.4 Å². The Labute approximate surface area is 184 Å². The number of nitrogens with one attached hydrogen (secondary N) is 4. The number of hydrogen-bond donors (Lipinski definition) is 4. The van der Waals surface area contributed by atoms with Crippen LogP contribution in [0.1, 0.15) is 36.2 Å². The van der Waals surface area contributed by atoms with E-state index in [4.69, 9.17) is 0 Å². The second-order valence-corrected chi connectivity index (χ2v) is 7.50. The highest BCUT2D eigenvalue weighted by Crippen LogP contribution is 2.19. The minimum Gasteiger partial charge on any atom is -0.376 e. The fraction of sp³-hybridized carbons (Fsp3) is 0.273. The molecule has 1 fully saturated rings. The lowest BCUT2D eigenvalue weighted by Crippen LogP contribution is -2.50. The van der Waals surface area contributed by atoms with E-state index in [-0.39, 0.29) is 19.0 Å². The first-order chi connectivity index (χ1) is 15.2. The maximum Gasteiger partial charge on any atom is 0.344 e. The van der Waals surface area contributed by atoms with Crippen LogP contribution in [0.4, 0.5) is 14.9 Å². The van der Waals surface area contributed by atoms with Crippen LogP contribution in [0.15, 0.2) is 48.5 Å². The summed E-state index contributed by atoms with van der Waals surface area (Å²) in [6, 6.07) is 11.8. The molecule has 1 aliphatic heterocycles. The molecule has 0 aliphatic carbocycles. The molecule has 5 amide bonds. The van der Waals surface area contributed by atoms with E-state index in [9.17, 15) is 23.6 Å². The van der Waals surface area contributed by atoms with Crippen molar-refractivity contribution < 1.29 is 23.6 Å². The highest BCUT2D eigenvalue weighted by atomic mass is 19.1. The lowest BCUT2D eigenvalue weighted by atomic mass is 10.00. The van der Waals surface area contributed by atoms with Crippen molar-refractivity contribution in [1.29, 1.82) is 0 Å². The molecule has 0 spiro atoms. The molecule has 10 heteroatoms. The molecule has 0 bridgehead atoms. The molecule has 9 nitrogen and oxygen atoms in total. The van der Waals surface area contributed by atoms with Gasteiger partial charge < -0.3 is 16.0 Å². The average molecular weight is 441 g/mol. The standard InChI is InChI=1S/C22H24FN5O4/c1-3-22(2)20(31)28(21(32)26-22)27-18(29)13-24-16-10-8-14(9-11-16)19(30)25-12-15-6-4-5-7-17(15)23/h4-11,24H,3,12-13H2,1-2H3,(H,25,30)(H,26,32)(H,27,29). The molecule has 1 unspecified atom stereocenters. The lowest BCUT2D eigenvalue weighted by Gasteiger charge is -2.19. The van der Waals surface area contributed by atoms with Crippen molar-refractivity contribution in [2.24, 2.45) is 0 Å². The van der Waals surface area contributed by atoms with Gasteiger partial charge in [0.2, 0.25) is 0 Å². The molecular formula is C22H24FN5O4. The van der Waals surface area contributed by atoms with Crippen molar-refractivity contribution in [2.75, 3.05) is 11.9 Å². The van der Waals surface area contributed by atoms with Gasteiger partial charge in [0, 0.05) is 23.4 Å². The second kappa shape index (κ2) is 9.46. The quantitative estimate of drug-likeness (QED) is 0.467. The van der Waals surface area contributed by atoms with Gasteiger partial charge in [-0.15, -0.1) is 0 Å². The minimum absolute atomic E-state index is 0.0611. The largest absolute Gasteiger partial charge is 0.376 e. The first kappa shape index (κ1) is 22.7. The zero-order valence-corrected chi connectivity index (χ0v) is 17.7. The van der Waals surface area contributed by atoms with Crippen LogP contribution >= 0.6 is 0 Å². The van der Waals surface area contributed by atoms with Crippen molar-refractivity contribution >= 4 is 29.4 Å². The van der Waals surface area contributed by atoms with Crippen molar-refractivity contribution in [3.8, 4) is 0 Å². The van der Waals surface area contributed by atoms with Gasteiger partial charge in [-0.25, -0.2) is 9.18 Å². The highest BCUT2D eigenvalue weighted by Gasteiger charge is 2.47. The molecule has 168 valence electrons. The molecule has 1 atom stereocenters. The third-order valence-electron chi connectivity index (χ3n) is 5.20. The number of hydrogen-bond acceptors (Lipinski definition) is 5. The summed E-state index contributed by atoms with van der Waals surface area (Å²) in [4.78, 5) is 48.6. The number of anilines is 1. The Morgan fingerprint density at radius 1 is 1.09 bits per heavy atom. The predicted octanol–water partition coefficient (Wildman–Crippen LogP) is 1.92. The van der Waals surface area contributed by atoms with Gasteiger partial charge in [-0.1, -0.05) is 25.1 Å². The normalized spacial score (nSPS) is 17.7. The monoisotopic (exact) mass is 441 g/mol. The van der Waals surface area contributed by atoms with E-state index in [1.165, 1.54) is 6.07 Å². The topological polar surface area (TPSA) is 120 Å². The molecule has 1 saturated heterocycles. The van der Waals surface area contributed by atoms with Gasteiger partial charge in [0.25, 0.3) is 17.7 Å². The van der Waals surface area contributed by atoms with E-state index in [1.807, 2.05) is 0 Å². The molecule has 0 saturated carbocycles. The van der Waals surface area contributed by atoms with Crippen LogP contribution in [0.5, 0.6) is 0 Å². The Morgan fingerprint density at radius 3 is 2.41 bits per heavy atom. The molecule has 1 aliphatic rings. The van der Waals surface area contributed by atoms with Crippen molar-refractivity contribution in [1.82, 2.24) is 21.1 Å². The van der Waals surface area contributed by atoms with Crippen molar-refractivity contribution in [3.63, 3.8) is 0 Å². The molecule has 3 rings (SSSR count). The lowest BCUT2D eigenvalue weighted by molar-refractivity contribution is -0.138. The molecule has 0 radical (unpaired) electrons. The number of urea groups is 1. The average Bonchev–Trinajstić information content (AvgIpc) is 3.00. The number of carbonyl (C=O) groups excluding carboxylic acids is 4. The zero-order chi connectivity index (χ0) is 23.3. The predicted molar refractivity (Wildman–Crippen MR) is 115 cm³/mol. The number of imide groups is 1. The Kier molecular flexibility index (Phi) is 6.72. The van der Waals surface area contributed by atoms with E-state index in [0.717, 1.165) is 0 Å². The van der Waals surface area contributed by atoms with E-state index >= 15 is 0 Å². The van der Waals surface area contributed by atoms with Crippen molar-refractivity contribution in [3.05, 3.63) is 65.5 Å². The van der Waals surface area contributed by atoms with Crippen LogP contribution in [0.2, 0.25) is 0 Å². The number of benzene rings is 2. The summed E-state index contributed by atoms with van der Waals surface area (Å²) < 4.78 is 13.6. The maximum absolute atomic E-state index is 13.6. The summed E-state index contributed by atoms with van der Waals surface area (Å²) in [6.07, 6.45) is 0.391. The van der Waals surface area contributed by atoms with Gasteiger partial charge in [0.05, 0.1) is 6.54 Å². The van der Waals surface area contributed by atoms with Crippen LogP contribution in [-0.2, 0) is 16.1 Å². The SMILES string of the molecule is CCC1(C)NC(=O)N(NC(=O)CNc2ccc(C(=O)NCc3ccccc3F)cc2)C1=O. The van der Waals surface area contributed by atoms with Gasteiger partial charge in [-0.3, -0.25) is 19.8 Å². The van der Waals surface area contributed by atoms with Crippen molar-refractivity contribution in [2.45, 2.75) is 32.4 Å². The van der Waals surface area contributed by atoms with Gasteiger partial charge in [0.15, 0.2) is 0 Å². The van der Waals surface area contributed by atoms with Crippen LogP contribution < -0.4 is 21.4 Å². The fourth-order valence-corrected chi connectivity index (χ4v) is 3.03. The summed E-state index contributed by atoms with van der Waals surface area (Å²) in [7, 11) is 0. The van der Waals surface area contributed by atoms with E-state index in [2.05, 4.69) is 21.4 Å². The first-order valence-corrected chi connectivity index (χ1v) is 10.0. The third-order valence-corrected chi connectivity index (χ3v) is 5.20. The summed E-state index contributed by atoms with van der Waals surface area (Å²) in [5.74, 6) is -1.86. The van der Waals surface area contributed by atoms with E-state index in [0.29, 0.717) is 28.2 Å². The number of halogens is 1. The Hall–Kier alpha value is -3.95. The molecule has 32 heavy (non-hydrogen) atoms. The van der Waals surface area contributed by atoms with Gasteiger partial charge in [-0.2, -0.15) is 5.01 Å². The highest BCUT2D eigenvalue weighted by molar-refractivity contribution is 6.07. The summed E-state index contributed by atoms with van der Waals surface area (Å²) in [6.45, 7) is 3.21. The van der Waals surface area contributed by atoms with Crippen LogP contribution in [-0.4, -0.2) is 40.8 Å². The van der Waals surface area contributed by atoms with E-state index in [1.54, 1.807) is 56.3 Å². The zero-order valence-electron chi connectivity index (χ0n) is 17.7. The third kappa shape index (κ3) is 5.02. The molecule has 1 heterocycles. The minimum atomic E-state index is -1.04. The molecular weight excluding hydrogens is 417 g/mol. The fourth-order valence-electron chi connectivity index (χ4n) is 3.03. The second-order valence-electron chi connectivity index (χ2n) is 7.50. The summed E-state index contributed by atoms with van der Waals surface area (Å²) in [5.41, 5.74) is 2.55. The Bertz CT molecular complexity index is 1040. The summed E-state index contributed by atoms with van der Waals surface area (Å²) in [5, 5.41) is 8.72. The first-order valence-electron chi connectivity index (χ1n) is 10.0. The smallest absolute Gasteiger partial charge is 0.344 e. The van der Waals surface area contributed by atoms with Gasteiger partial charge >= 0.3 is 6.03 Å². The number of nitrogens with zero attached hydrogens (tertiary/aromatic N) is 1. The van der Waals surface area contributed by atoms with Crippen LogP contribution in [0, 0.1) is 5.82 Å². The number of hydrazine groups is 1. The number of rotatable bonds is 8. The van der Waals surface area contributed by atoms with Crippen LogP contribution in [0.3, 0.4) is 0 Å². The number of carbonyl (C=O) groups is 4. The Morgan fingerprint density at radius 2 is 1.78 bits per heavy atom. The molecule has 2 aromatic rings. The molecule has 0 aromatic heterocycles. The Balaban J connectivity index is 1.49. The number of amides is 5. The summed E-state index contributed by atoms with van der Waals surface area (Å²) >= 11 is 0. The maximum atomic E-state index is 13.6.